The van der Waals surface area contributed by atoms with E-state index in [2.05, 4.69) is 36.7 Å². The molecule has 0 nitrogen and oxygen atoms in total. The summed E-state index contributed by atoms with van der Waals surface area (Å²) in [4.78, 5) is 0.729. The molecule has 0 aromatic heterocycles. The summed E-state index contributed by atoms with van der Waals surface area (Å²) in [5.74, 6) is 2.87. The molecule has 1 rings (SSSR count). The number of halogens is 1. The maximum absolute atomic E-state index is 3.71. The van der Waals surface area contributed by atoms with Gasteiger partial charge in [0.05, 0.1) is 0 Å². The number of rotatable bonds is 3. The minimum absolute atomic E-state index is 0.729. The first-order valence-electron chi connectivity index (χ1n) is 5.73. The van der Waals surface area contributed by atoms with Gasteiger partial charge in [0.1, 0.15) is 0 Å². The summed E-state index contributed by atoms with van der Waals surface area (Å²) in [6.45, 7) is 6.99. The Morgan fingerprint density at radius 2 is 1.62 bits per heavy atom. The second kappa shape index (κ2) is 5.38. The molecule has 1 atom stereocenters. The van der Waals surface area contributed by atoms with Crippen molar-refractivity contribution in [3.8, 4) is 0 Å². The number of hydrogen-bond acceptors (Lipinski definition) is 0. The summed E-state index contributed by atoms with van der Waals surface area (Å²) >= 11 is 3.71. The topological polar surface area (TPSA) is 0 Å². The Morgan fingerprint density at radius 1 is 1.08 bits per heavy atom. The summed E-state index contributed by atoms with van der Waals surface area (Å²) in [7, 11) is 0. The highest BCUT2D eigenvalue weighted by atomic mass is 79.9. The van der Waals surface area contributed by atoms with E-state index in [1.54, 1.807) is 0 Å². The van der Waals surface area contributed by atoms with Crippen LogP contribution in [-0.2, 0) is 0 Å². The summed E-state index contributed by atoms with van der Waals surface area (Å²) in [6, 6.07) is 0. The Hall–Kier alpha value is 0.480. The zero-order chi connectivity index (χ0) is 9.84. The van der Waals surface area contributed by atoms with Gasteiger partial charge in [-0.2, -0.15) is 0 Å². The first-order chi connectivity index (χ1) is 6.09. The molecule has 1 aliphatic carbocycles. The van der Waals surface area contributed by atoms with Crippen molar-refractivity contribution in [3.63, 3.8) is 0 Å². The molecule has 0 bridgehead atoms. The Morgan fingerprint density at radius 3 is 2.00 bits per heavy atom. The maximum Gasteiger partial charge on any atom is 0.0145 e. The van der Waals surface area contributed by atoms with Gasteiger partial charge in [-0.3, -0.25) is 0 Å². The van der Waals surface area contributed by atoms with Gasteiger partial charge in [-0.1, -0.05) is 49.5 Å². The van der Waals surface area contributed by atoms with Crippen molar-refractivity contribution < 1.29 is 0 Å². The fourth-order valence-electron chi connectivity index (χ4n) is 2.55. The zero-order valence-electron chi connectivity index (χ0n) is 9.22. The van der Waals surface area contributed by atoms with Crippen LogP contribution >= 0.6 is 15.9 Å². The Balaban J connectivity index is 2.22. The highest BCUT2D eigenvalue weighted by molar-refractivity contribution is 9.09. The van der Waals surface area contributed by atoms with Crippen LogP contribution < -0.4 is 0 Å². The highest BCUT2D eigenvalue weighted by Crippen LogP contribution is 2.35. The van der Waals surface area contributed by atoms with Crippen LogP contribution in [0.25, 0.3) is 0 Å². The molecule has 0 saturated heterocycles. The van der Waals surface area contributed by atoms with Gasteiger partial charge in [-0.15, -0.1) is 0 Å². The molecule has 1 fully saturated rings. The van der Waals surface area contributed by atoms with Gasteiger partial charge in [-0.05, 0) is 37.0 Å². The van der Waals surface area contributed by atoms with E-state index in [-0.39, 0.29) is 0 Å². The van der Waals surface area contributed by atoms with E-state index in [1.807, 2.05) is 0 Å². The third-order valence-electron chi connectivity index (χ3n) is 3.35. The number of alkyl halides is 1. The lowest BCUT2D eigenvalue weighted by Crippen LogP contribution is -2.20. The lowest BCUT2D eigenvalue weighted by molar-refractivity contribution is 0.245. The van der Waals surface area contributed by atoms with E-state index in [9.17, 15) is 0 Å². The van der Waals surface area contributed by atoms with Gasteiger partial charge in [0.25, 0.3) is 0 Å². The van der Waals surface area contributed by atoms with Crippen molar-refractivity contribution in [2.24, 2.45) is 17.8 Å². The van der Waals surface area contributed by atoms with Gasteiger partial charge in [-0.25, -0.2) is 0 Å². The molecule has 78 valence electrons. The van der Waals surface area contributed by atoms with Gasteiger partial charge < -0.3 is 0 Å². The first kappa shape index (κ1) is 11.6. The van der Waals surface area contributed by atoms with Crippen molar-refractivity contribution in [3.05, 3.63) is 0 Å². The quantitative estimate of drug-likeness (QED) is 0.638. The number of hydrogen-bond donors (Lipinski definition) is 0. The summed E-state index contributed by atoms with van der Waals surface area (Å²) < 4.78 is 0. The minimum Gasteiger partial charge on any atom is -0.0891 e. The smallest absolute Gasteiger partial charge is 0.0145 e. The van der Waals surface area contributed by atoms with Crippen LogP contribution in [0, 0.1) is 17.8 Å². The van der Waals surface area contributed by atoms with Crippen molar-refractivity contribution >= 4 is 15.9 Å². The normalized spacial score (nSPS) is 32.1. The molecule has 0 aromatic carbocycles. The Labute approximate surface area is 91.6 Å². The maximum atomic E-state index is 3.71. The van der Waals surface area contributed by atoms with Crippen LogP contribution in [0.5, 0.6) is 0 Å². The molecule has 0 aliphatic heterocycles. The van der Waals surface area contributed by atoms with Crippen LogP contribution in [0.2, 0.25) is 0 Å². The van der Waals surface area contributed by atoms with Crippen molar-refractivity contribution in [2.45, 2.75) is 57.7 Å². The summed E-state index contributed by atoms with van der Waals surface area (Å²) in [5.41, 5.74) is 0. The van der Waals surface area contributed by atoms with Gasteiger partial charge in [0.2, 0.25) is 0 Å². The average molecular weight is 247 g/mol. The second-order valence-electron chi connectivity index (χ2n) is 5.09. The molecule has 0 spiro atoms. The first-order valence-corrected chi connectivity index (χ1v) is 6.65. The lowest BCUT2D eigenvalue weighted by atomic mass is 9.78. The molecule has 1 aliphatic rings. The van der Waals surface area contributed by atoms with Gasteiger partial charge >= 0.3 is 0 Å². The van der Waals surface area contributed by atoms with E-state index in [4.69, 9.17) is 0 Å². The van der Waals surface area contributed by atoms with E-state index in [0.29, 0.717) is 0 Å². The Kier molecular flexibility index (Phi) is 4.78. The van der Waals surface area contributed by atoms with Crippen LogP contribution in [0.15, 0.2) is 0 Å². The molecule has 1 unspecified atom stereocenters. The fraction of sp³-hybridized carbons (Fsp3) is 1.00. The monoisotopic (exact) mass is 246 g/mol. The van der Waals surface area contributed by atoms with Crippen LogP contribution in [0.3, 0.4) is 0 Å². The SMILES string of the molecule is CC(C)CC1CCC(C(C)Br)CC1. The molecule has 1 saturated carbocycles. The third-order valence-corrected chi connectivity index (χ3v) is 4.09. The van der Waals surface area contributed by atoms with E-state index >= 15 is 0 Å². The molecular formula is C12H23Br. The largest absolute Gasteiger partial charge is 0.0891 e. The Bertz CT molecular complexity index is 132. The molecular weight excluding hydrogens is 224 g/mol. The van der Waals surface area contributed by atoms with Crippen LogP contribution in [0.1, 0.15) is 52.9 Å². The lowest BCUT2D eigenvalue weighted by Gasteiger charge is -2.30. The fourth-order valence-corrected chi connectivity index (χ4v) is 3.08. The van der Waals surface area contributed by atoms with Crippen molar-refractivity contribution in [1.29, 1.82) is 0 Å². The standard InChI is InChI=1S/C12H23Br/c1-9(2)8-11-4-6-12(7-5-11)10(3)13/h9-12H,4-8H2,1-3H3. The molecule has 13 heavy (non-hydrogen) atoms. The average Bonchev–Trinajstić information content (AvgIpc) is 2.04. The molecule has 0 aromatic rings. The second-order valence-corrected chi connectivity index (χ2v) is 6.53. The molecule has 1 heteroatoms. The van der Waals surface area contributed by atoms with Crippen molar-refractivity contribution in [2.75, 3.05) is 0 Å². The summed E-state index contributed by atoms with van der Waals surface area (Å²) in [5, 5.41) is 0. The highest BCUT2D eigenvalue weighted by Gasteiger charge is 2.23. The van der Waals surface area contributed by atoms with Crippen LogP contribution in [0.4, 0.5) is 0 Å². The van der Waals surface area contributed by atoms with Crippen LogP contribution in [-0.4, -0.2) is 4.83 Å². The third kappa shape index (κ3) is 4.01. The van der Waals surface area contributed by atoms with Gasteiger partial charge in [0, 0.05) is 4.83 Å². The van der Waals surface area contributed by atoms with E-state index in [1.165, 1.54) is 32.1 Å². The summed E-state index contributed by atoms with van der Waals surface area (Å²) in [6.07, 6.45) is 7.29. The minimum atomic E-state index is 0.729. The van der Waals surface area contributed by atoms with Crippen molar-refractivity contribution in [1.82, 2.24) is 0 Å². The molecule has 0 heterocycles. The van der Waals surface area contributed by atoms with Gasteiger partial charge in [0.15, 0.2) is 0 Å². The van der Waals surface area contributed by atoms with E-state index < -0.39 is 0 Å². The predicted molar refractivity (Wildman–Crippen MR) is 63.3 cm³/mol. The molecule has 0 amide bonds. The molecule has 0 N–H and O–H groups in total. The van der Waals surface area contributed by atoms with E-state index in [0.717, 1.165) is 22.6 Å². The molecule has 0 radical (unpaired) electrons. The zero-order valence-corrected chi connectivity index (χ0v) is 10.8. The predicted octanol–water partition coefficient (Wildman–Crippen LogP) is 4.62.